The molecule has 0 spiro atoms. The molecular formula is C13H15BrN2O4. The molecule has 1 heterocycles. The second-order valence-corrected chi connectivity index (χ2v) is 5.66. The van der Waals surface area contributed by atoms with Gasteiger partial charge in [0, 0.05) is 19.2 Å². The van der Waals surface area contributed by atoms with Gasteiger partial charge < -0.3 is 9.64 Å². The highest BCUT2D eigenvalue weighted by atomic mass is 79.9. The van der Waals surface area contributed by atoms with Crippen LogP contribution in [0, 0.1) is 10.1 Å². The number of carbonyl (C=O) groups excluding carboxylic acids is 1. The number of hydrogen-bond donors (Lipinski definition) is 0. The Balaban J connectivity index is 2.29. The molecule has 1 saturated heterocycles. The number of carbonyl (C=O) groups is 1. The average molecular weight is 343 g/mol. The molecule has 0 bridgehead atoms. The van der Waals surface area contributed by atoms with Crippen LogP contribution in [-0.4, -0.2) is 41.0 Å². The standard InChI is InChI=1S/C13H15BrN2O4/c1-8-6-15(7-9(2)20-8)13(17)10-4-3-5-11(12(10)14)16(18)19/h3-5,8-9H,6-7H2,1-2H3. The average Bonchev–Trinajstić information content (AvgIpc) is 2.36. The van der Waals surface area contributed by atoms with Crippen LogP contribution in [0.1, 0.15) is 24.2 Å². The van der Waals surface area contributed by atoms with Crippen molar-refractivity contribution in [3.05, 3.63) is 38.3 Å². The summed E-state index contributed by atoms with van der Waals surface area (Å²) in [5.74, 6) is -0.220. The fraction of sp³-hybridized carbons (Fsp3) is 0.462. The van der Waals surface area contributed by atoms with Crippen LogP contribution in [0.4, 0.5) is 5.69 Å². The number of nitrogens with zero attached hydrogens (tertiary/aromatic N) is 2. The zero-order valence-electron chi connectivity index (χ0n) is 11.2. The Kier molecular flexibility index (Phi) is 4.39. The van der Waals surface area contributed by atoms with Gasteiger partial charge in [-0.15, -0.1) is 0 Å². The van der Waals surface area contributed by atoms with Crippen LogP contribution in [0.25, 0.3) is 0 Å². The summed E-state index contributed by atoms with van der Waals surface area (Å²) >= 11 is 3.16. The highest BCUT2D eigenvalue weighted by Crippen LogP contribution is 2.29. The van der Waals surface area contributed by atoms with E-state index in [9.17, 15) is 14.9 Å². The van der Waals surface area contributed by atoms with E-state index in [-0.39, 0.29) is 28.3 Å². The van der Waals surface area contributed by atoms with Gasteiger partial charge in [-0.05, 0) is 35.8 Å². The van der Waals surface area contributed by atoms with E-state index in [1.54, 1.807) is 11.0 Å². The molecule has 0 aliphatic carbocycles. The second kappa shape index (κ2) is 5.88. The molecule has 1 fully saturated rings. The van der Waals surface area contributed by atoms with E-state index >= 15 is 0 Å². The molecule has 2 unspecified atom stereocenters. The fourth-order valence-corrected chi connectivity index (χ4v) is 2.92. The van der Waals surface area contributed by atoms with Gasteiger partial charge in [0.05, 0.1) is 22.7 Å². The number of hydrogen-bond acceptors (Lipinski definition) is 4. The van der Waals surface area contributed by atoms with Crippen LogP contribution < -0.4 is 0 Å². The Morgan fingerprint density at radius 2 is 2.00 bits per heavy atom. The maximum Gasteiger partial charge on any atom is 0.284 e. The Morgan fingerprint density at radius 3 is 2.55 bits per heavy atom. The molecule has 1 aromatic rings. The first-order chi connectivity index (χ1) is 9.40. The lowest BCUT2D eigenvalue weighted by Crippen LogP contribution is -2.48. The van der Waals surface area contributed by atoms with Crippen LogP contribution >= 0.6 is 15.9 Å². The number of rotatable bonds is 2. The lowest BCUT2D eigenvalue weighted by Gasteiger charge is -2.35. The molecule has 2 atom stereocenters. The van der Waals surface area contributed by atoms with E-state index in [0.29, 0.717) is 18.7 Å². The highest BCUT2D eigenvalue weighted by molar-refractivity contribution is 9.10. The topological polar surface area (TPSA) is 72.7 Å². The van der Waals surface area contributed by atoms with E-state index < -0.39 is 4.92 Å². The van der Waals surface area contributed by atoms with Gasteiger partial charge in [-0.1, -0.05) is 6.07 Å². The maximum atomic E-state index is 12.5. The van der Waals surface area contributed by atoms with E-state index in [1.807, 2.05) is 13.8 Å². The number of nitro groups is 1. The highest BCUT2D eigenvalue weighted by Gasteiger charge is 2.29. The monoisotopic (exact) mass is 342 g/mol. The van der Waals surface area contributed by atoms with Gasteiger partial charge in [-0.3, -0.25) is 14.9 Å². The molecule has 1 aliphatic heterocycles. The molecule has 2 rings (SSSR count). The smallest absolute Gasteiger partial charge is 0.284 e. The van der Waals surface area contributed by atoms with E-state index in [0.717, 1.165) is 0 Å². The van der Waals surface area contributed by atoms with Gasteiger partial charge in [0.15, 0.2) is 0 Å². The predicted octanol–water partition coefficient (Wildman–Crippen LogP) is 2.61. The summed E-state index contributed by atoms with van der Waals surface area (Å²) < 4.78 is 5.80. The summed E-state index contributed by atoms with van der Waals surface area (Å²) in [7, 11) is 0. The van der Waals surface area contributed by atoms with Crippen molar-refractivity contribution < 1.29 is 14.5 Å². The summed E-state index contributed by atoms with van der Waals surface area (Å²) in [6.45, 7) is 4.77. The second-order valence-electron chi connectivity index (χ2n) is 4.86. The zero-order chi connectivity index (χ0) is 14.9. The van der Waals surface area contributed by atoms with Crippen LogP contribution in [0.15, 0.2) is 22.7 Å². The van der Waals surface area contributed by atoms with Crippen LogP contribution in [0.5, 0.6) is 0 Å². The quantitative estimate of drug-likeness (QED) is 0.611. The number of nitro benzene ring substituents is 1. The Hall–Kier alpha value is -1.47. The zero-order valence-corrected chi connectivity index (χ0v) is 12.8. The lowest BCUT2D eigenvalue weighted by molar-refractivity contribution is -0.385. The Labute approximate surface area is 125 Å². The minimum Gasteiger partial charge on any atom is -0.372 e. The third kappa shape index (κ3) is 2.99. The van der Waals surface area contributed by atoms with Crippen molar-refractivity contribution in [1.82, 2.24) is 4.90 Å². The molecule has 0 radical (unpaired) electrons. The number of morpholine rings is 1. The van der Waals surface area contributed by atoms with Gasteiger partial charge in [0.2, 0.25) is 0 Å². The summed E-state index contributed by atoms with van der Waals surface area (Å²) in [5, 5.41) is 10.9. The van der Waals surface area contributed by atoms with Crippen molar-refractivity contribution >= 4 is 27.5 Å². The number of benzene rings is 1. The molecule has 1 aliphatic rings. The van der Waals surface area contributed by atoms with Gasteiger partial charge in [0.1, 0.15) is 4.47 Å². The number of ether oxygens (including phenoxy) is 1. The molecule has 1 amide bonds. The predicted molar refractivity (Wildman–Crippen MR) is 76.7 cm³/mol. The number of halogens is 1. The van der Waals surface area contributed by atoms with Gasteiger partial charge in [0.25, 0.3) is 11.6 Å². The molecule has 0 N–H and O–H groups in total. The summed E-state index contributed by atoms with van der Waals surface area (Å²) in [6.07, 6.45) is -0.0830. The van der Waals surface area contributed by atoms with E-state index in [2.05, 4.69) is 15.9 Å². The van der Waals surface area contributed by atoms with Crippen LogP contribution in [0.3, 0.4) is 0 Å². The molecule has 108 valence electrons. The minimum atomic E-state index is -0.509. The van der Waals surface area contributed by atoms with Crippen LogP contribution in [-0.2, 0) is 4.74 Å². The first kappa shape index (κ1) is 14.9. The van der Waals surface area contributed by atoms with Crippen molar-refractivity contribution in [2.75, 3.05) is 13.1 Å². The van der Waals surface area contributed by atoms with Crippen LogP contribution in [0.2, 0.25) is 0 Å². The first-order valence-electron chi connectivity index (χ1n) is 6.27. The number of amides is 1. The summed E-state index contributed by atoms with van der Waals surface area (Å²) in [6, 6.07) is 4.47. The molecular weight excluding hydrogens is 328 g/mol. The third-order valence-corrected chi connectivity index (χ3v) is 3.95. The largest absolute Gasteiger partial charge is 0.372 e. The fourth-order valence-electron chi connectivity index (χ4n) is 2.34. The molecule has 0 aromatic heterocycles. The molecule has 1 aromatic carbocycles. The van der Waals surface area contributed by atoms with Gasteiger partial charge in [-0.25, -0.2) is 0 Å². The molecule has 7 heteroatoms. The third-order valence-electron chi connectivity index (χ3n) is 3.11. The SMILES string of the molecule is CC1CN(C(=O)c2cccc([N+](=O)[O-])c2Br)CC(C)O1. The first-order valence-corrected chi connectivity index (χ1v) is 7.07. The minimum absolute atomic E-state index is 0.0415. The Morgan fingerprint density at radius 1 is 1.40 bits per heavy atom. The maximum absolute atomic E-state index is 12.5. The Bertz CT molecular complexity index is 539. The molecule has 0 saturated carbocycles. The molecule has 6 nitrogen and oxygen atoms in total. The summed E-state index contributed by atoms with van der Waals surface area (Å²) in [5.41, 5.74) is 0.200. The molecule has 20 heavy (non-hydrogen) atoms. The summed E-state index contributed by atoms with van der Waals surface area (Å²) in [4.78, 5) is 24.6. The van der Waals surface area contributed by atoms with Crippen molar-refractivity contribution in [2.24, 2.45) is 0 Å². The van der Waals surface area contributed by atoms with Crippen molar-refractivity contribution in [1.29, 1.82) is 0 Å². The van der Waals surface area contributed by atoms with E-state index in [4.69, 9.17) is 4.74 Å². The van der Waals surface area contributed by atoms with Gasteiger partial charge in [-0.2, -0.15) is 0 Å². The lowest BCUT2D eigenvalue weighted by atomic mass is 10.1. The van der Waals surface area contributed by atoms with E-state index in [1.165, 1.54) is 12.1 Å². The van der Waals surface area contributed by atoms with Gasteiger partial charge >= 0.3 is 0 Å². The normalized spacial score (nSPS) is 22.6. The van der Waals surface area contributed by atoms with Crippen molar-refractivity contribution in [3.63, 3.8) is 0 Å². The van der Waals surface area contributed by atoms with Crippen molar-refractivity contribution in [2.45, 2.75) is 26.1 Å². The van der Waals surface area contributed by atoms with Crippen molar-refractivity contribution in [3.8, 4) is 0 Å².